The van der Waals surface area contributed by atoms with E-state index in [1.165, 1.54) is 38.5 Å². The molecule has 0 saturated heterocycles. The van der Waals surface area contributed by atoms with Crippen LogP contribution in [0.4, 0.5) is 0 Å². The van der Waals surface area contributed by atoms with E-state index < -0.39 is 19.7 Å². The molecule has 0 unspecified atom stereocenters. The van der Waals surface area contributed by atoms with Crippen molar-refractivity contribution in [1.29, 1.82) is 0 Å². The Hall–Kier alpha value is -0.380. The second kappa shape index (κ2) is 16.1. The molecule has 144 valence electrons. The molecule has 0 aromatic rings. The van der Waals surface area contributed by atoms with Crippen LogP contribution in [-0.2, 0) is 18.4 Å². The first kappa shape index (κ1) is 23.6. The zero-order chi connectivity index (χ0) is 18.1. The summed E-state index contributed by atoms with van der Waals surface area (Å²) >= 11 is 0. The Morgan fingerprint density at radius 2 is 1.12 bits per heavy atom. The molecule has 0 aromatic heterocycles. The molecule has 0 aromatic carbocycles. The van der Waals surface area contributed by atoms with E-state index in [-0.39, 0.29) is 0 Å². The molecule has 0 amide bonds. The fraction of sp³-hybridized carbons (Fsp3) is 0.944. The molecule has 6 heteroatoms. The molecule has 0 radical (unpaired) electrons. The Bertz CT molecular complexity index is 324. The first-order valence-electron chi connectivity index (χ1n) is 9.64. The van der Waals surface area contributed by atoms with Gasteiger partial charge in [0.25, 0.3) is 0 Å². The maximum atomic E-state index is 12.5. The Kier molecular flexibility index (Phi) is 15.9. The molecular formula is C18H37O5P. The van der Waals surface area contributed by atoms with Gasteiger partial charge in [0.1, 0.15) is 6.16 Å². The molecule has 0 aliphatic heterocycles. The first-order chi connectivity index (χ1) is 11.5. The summed E-state index contributed by atoms with van der Waals surface area (Å²) < 4.78 is 23.2. The molecule has 24 heavy (non-hydrogen) atoms. The van der Waals surface area contributed by atoms with E-state index in [9.17, 15) is 9.36 Å². The number of hydrogen-bond acceptors (Lipinski definition) is 4. The van der Waals surface area contributed by atoms with Gasteiger partial charge in [-0.3, -0.25) is 9.36 Å². The topological polar surface area (TPSA) is 72.8 Å². The maximum Gasteiger partial charge on any atom is 0.341 e. The van der Waals surface area contributed by atoms with E-state index in [0.29, 0.717) is 13.2 Å². The van der Waals surface area contributed by atoms with Crippen LogP contribution in [0.3, 0.4) is 0 Å². The van der Waals surface area contributed by atoms with Gasteiger partial charge in [-0.1, -0.05) is 78.1 Å². The Balaban J connectivity index is 3.91. The summed E-state index contributed by atoms with van der Waals surface area (Å²) in [5.41, 5.74) is 0. The highest BCUT2D eigenvalue weighted by molar-refractivity contribution is 7.54. The van der Waals surface area contributed by atoms with Crippen molar-refractivity contribution in [3.05, 3.63) is 0 Å². The van der Waals surface area contributed by atoms with Crippen molar-refractivity contribution in [3.63, 3.8) is 0 Å². The van der Waals surface area contributed by atoms with Crippen molar-refractivity contribution >= 4 is 13.6 Å². The number of carboxylic acid groups (broad SMARTS) is 1. The highest BCUT2D eigenvalue weighted by Crippen LogP contribution is 2.48. The summed E-state index contributed by atoms with van der Waals surface area (Å²) in [6.07, 6.45) is 12.7. The molecule has 0 spiro atoms. The van der Waals surface area contributed by atoms with Crippen molar-refractivity contribution in [2.75, 3.05) is 19.4 Å². The quantitative estimate of drug-likeness (QED) is 0.238. The smallest absolute Gasteiger partial charge is 0.341 e. The van der Waals surface area contributed by atoms with Gasteiger partial charge >= 0.3 is 13.6 Å². The number of aliphatic carboxylic acids is 1. The van der Waals surface area contributed by atoms with Gasteiger partial charge in [-0.25, -0.2) is 0 Å². The van der Waals surface area contributed by atoms with Crippen LogP contribution in [0, 0.1) is 0 Å². The molecule has 0 aliphatic rings. The van der Waals surface area contributed by atoms with Crippen LogP contribution in [-0.4, -0.2) is 30.5 Å². The van der Waals surface area contributed by atoms with Gasteiger partial charge in [0, 0.05) is 0 Å². The summed E-state index contributed by atoms with van der Waals surface area (Å²) in [5, 5.41) is 8.92. The lowest BCUT2D eigenvalue weighted by molar-refractivity contribution is -0.134. The van der Waals surface area contributed by atoms with E-state index in [4.69, 9.17) is 14.2 Å². The van der Waals surface area contributed by atoms with Crippen LogP contribution in [0.25, 0.3) is 0 Å². The SMILES string of the molecule is CCCCCCCCOP(=O)(CC(=O)O)OCCCCCCCC. The van der Waals surface area contributed by atoms with E-state index in [1.807, 2.05) is 0 Å². The molecule has 0 aliphatic carbocycles. The lowest BCUT2D eigenvalue weighted by atomic mass is 10.1. The van der Waals surface area contributed by atoms with Crippen LogP contribution in [0.2, 0.25) is 0 Å². The van der Waals surface area contributed by atoms with Crippen LogP contribution in [0.5, 0.6) is 0 Å². The van der Waals surface area contributed by atoms with E-state index in [0.717, 1.165) is 38.5 Å². The molecular weight excluding hydrogens is 327 g/mol. The molecule has 5 nitrogen and oxygen atoms in total. The zero-order valence-corrected chi connectivity index (χ0v) is 16.5. The normalized spacial score (nSPS) is 11.8. The van der Waals surface area contributed by atoms with Gasteiger partial charge in [0.05, 0.1) is 13.2 Å². The van der Waals surface area contributed by atoms with Gasteiger partial charge in [-0.15, -0.1) is 0 Å². The summed E-state index contributed by atoms with van der Waals surface area (Å²) in [7, 11) is -3.50. The number of carboxylic acids is 1. The van der Waals surface area contributed by atoms with Crippen LogP contribution in [0.1, 0.15) is 90.9 Å². The van der Waals surface area contributed by atoms with Gasteiger partial charge in [-0.2, -0.15) is 0 Å². The predicted molar refractivity (Wildman–Crippen MR) is 98.8 cm³/mol. The molecule has 0 atom stereocenters. The van der Waals surface area contributed by atoms with Crippen LogP contribution in [0.15, 0.2) is 0 Å². The van der Waals surface area contributed by atoms with Gasteiger partial charge in [0.2, 0.25) is 0 Å². The summed E-state index contributed by atoms with van der Waals surface area (Å²) in [4.78, 5) is 10.9. The Labute approximate surface area is 148 Å². The average Bonchev–Trinajstić information content (AvgIpc) is 2.52. The van der Waals surface area contributed by atoms with Crippen LogP contribution >= 0.6 is 7.60 Å². The molecule has 0 saturated carbocycles. The number of carbonyl (C=O) groups is 1. The van der Waals surface area contributed by atoms with Crippen LogP contribution < -0.4 is 0 Å². The minimum absolute atomic E-state index is 0.313. The average molecular weight is 364 g/mol. The van der Waals surface area contributed by atoms with Crippen molar-refractivity contribution in [1.82, 2.24) is 0 Å². The summed E-state index contributed by atoms with van der Waals surface area (Å²) in [5.74, 6) is -1.13. The van der Waals surface area contributed by atoms with Gasteiger partial charge in [0.15, 0.2) is 0 Å². The highest BCUT2D eigenvalue weighted by Gasteiger charge is 2.28. The largest absolute Gasteiger partial charge is 0.481 e. The lowest BCUT2D eigenvalue weighted by Crippen LogP contribution is -2.10. The standard InChI is InChI=1S/C18H37O5P/c1-3-5-7-9-11-13-15-22-24(21,17-18(19)20)23-16-14-12-10-8-6-4-2/h3-17H2,1-2H3,(H,19,20). The number of hydrogen-bond donors (Lipinski definition) is 1. The monoisotopic (exact) mass is 364 g/mol. The third-order valence-electron chi connectivity index (χ3n) is 3.90. The number of rotatable bonds is 18. The van der Waals surface area contributed by atoms with Crippen molar-refractivity contribution in [3.8, 4) is 0 Å². The van der Waals surface area contributed by atoms with Crippen molar-refractivity contribution < 1.29 is 23.5 Å². The second-order valence-corrected chi connectivity index (χ2v) is 8.42. The second-order valence-electron chi connectivity index (χ2n) is 6.36. The molecule has 0 heterocycles. The van der Waals surface area contributed by atoms with Crippen molar-refractivity contribution in [2.45, 2.75) is 90.9 Å². The molecule has 0 bridgehead atoms. The Morgan fingerprint density at radius 1 is 0.750 bits per heavy atom. The highest BCUT2D eigenvalue weighted by atomic mass is 31.2. The van der Waals surface area contributed by atoms with E-state index in [2.05, 4.69) is 13.8 Å². The summed E-state index contributed by atoms with van der Waals surface area (Å²) in [6, 6.07) is 0. The van der Waals surface area contributed by atoms with E-state index >= 15 is 0 Å². The third-order valence-corrected chi connectivity index (χ3v) is 5.71. The molecule has 1 N–H and O–H groups in total. The minimum Gasteiger partial charge on any atom is -0.481 e. The first-order valence-corrected chi connectivity index (χ1v) is 11.4. The minimum atomic E-state index is -3.50. The van der Waals surface area contributed by atoms with E-state index in [1.54, 1.807) is 0 Å². The fourth-order valence-electron chi connectivity index (χ4n) is 2.47. The van der Waals surface area contributed by atoms with Gasteiger partial charge in [-0.05, 0) is 12.8 Å². The molecule has 0 fully saturated rings. The lowest BCUT2D eigenvalue weighted by Gasteiger charge is -2.17. The fourth-order valence-corrected chi connectivity index (χ4v) is 3.87. The summed E-state index contributed by atoms with van der Waals surface area (Å²) in [6.45, 7) is 4.97. The predicted octanol–water partition coefficient (Wildman–Crippen LogP) is 6.02. The van der Waals surface area contributed by atoms with Crippen molar-refractivity contribution in [2.24, 2.45) is 0 Å². The Morgan fingerprint density at radius 3 is 1.50 bits per heavy atom. The zero-order valence-electron chi connectivity index (χ0n) is 15.6. The molecule has 0 rings (SSSR count). The third kappa shape index (κ3) is 15.2. The maximum absolute atomic E-state index is 12.5. The van der Waals surface area contributed by atoms with Gasteiger partial charge < -0.3 is 14.2 Å². The number of unbranched alkanes of at least 4 members (excludes halogenated alkanes) is 10.